The van der Waals surface area contributed by atoms with Crippen LogP contribution in [-0.2, 0) is 19.1 Å². The molecule has 0 aliphatic heterocycles. The zero-order valence-electron chi connectivity index (χ0n) is 8.79. The normalized spacial score (nSPS) is 13.1. The Labute approximate surface area is 94.3 Å². The summed E-state index contributed by atoms with van der Waals surface area (Å²) < 4.78 is 25.5. The molecule has 0 aliphatic carbocycles. The summed E-state index contributed by atoms with van der Waals surface area (Å²) in [5.74, 6) is -0.848. The van der Waals surface area contributed by atoms with Crippen molar-refractivity contribution in [3.8, 4) is 0 Å². The van der Waals surface area contributed by atoms with E-state index in [1.165, 1.54) is 0 Å². The molecular weight excluding hydrogens is 230 g/mol. The molecule has 0 fully saturated rings. The van der Waals surface area contributed by atoms with Crippen molar-refractivity contribution >= 4 is 16.1 Å². The third kappa shape index (κ3) is 4.41. The fourth-order valence-electron chi connectivity index (χ4n) is 1.20. The quantitative estimate of drug-likeness (QED) is 0.782. The van der Waals surface area contributed by atoms with Crippen molar-refractivity contribution in [1.82, 2.24) is 0 Å². The van der Waals surface area contributed by atoms with Gasteiger partial charge in [0.2, 0.25) is 0 Å². The summed E-state index contributed by atoms with van der Waals surface area (Å²) in [5, 5.41) is 0. The second kappa shape index (κ2) is 5.09. The van der Waals surface area contributed by atoms with E-state index in [9.17, 15) is 13.2 Å². The third-order valence-corrected chi connectivity index (χ3v) is 2.35. The molecule has 0 heterocycles. The number of benzene rings is 1. The summed E-state index contributed by atoms with van der Waals surface area (Å²) in [7, 11) is -3.76. The van der Waals surface area contributed by atoms with Crippen LogP contribution in [0.2, 0.25) is 0 Å². The van der Waals surface area contributed by atoms with Gasteiger partial charge in [-0.15, -0.1) is 0 Å². The Bertz CT molecular complexity index is 455. The van der Waals surface area contributed by atoms with Crippen molar-refractivity contribution in [2.24, 2.45) is 5.73 Å². The van der Waals surface area contributed by atoms with E-state index in [1.54, 1.807) is 24.3 Å². The van der Waals surface area contributed by atoms with E-state index < -0.39 is 22.1 Å². The maximum Gasteiger partial charge on any atom is 0.324 e. The zero-order chi connectivity index (χ0) is 12.2. The molecule has 0 radical (unpaired) electrons. The van der Waals surface area contributed by atoms with E-state index in [2.05, 4.69) is 4.18 Å². The zero-order valence-corrected chi connectivity index (χ0v) is 9.61. The number of nitrogens with two attached hydrogens (primary N) is 1. The summed E-state index contributed by atoms with van der Waals surface area (Å²) in [5.41, 5.74) is 6.48. The minimum Gasteiger partial charge on any atom is -0.346 e. The topological polar surface area (TPSA) is 86.5 Å². The third-order valence-electron chi connectivity index (χ3n) is 1.86. The lowest BCUT2D eigenvalue weighted by atomic mass is 10.1. The van der Waals surface area contributed by atoms with Crippen molar-refractivity contribution in [3.63, 3.8) is 0 Å². The standard InChI is InChI=1S/C10H13NO4S/c1-16(13,14)15-10(12)7-9(11)8-5-3-2-4-6-8/h2-6,9H,7,11H2,1H3/t9-/m0/s1. The number of carbonyl (C=O) groups is 1. The smallest absolute Gasteiger partial charge is 0.324 e. The van der Waals surface area contributed by atoms with Gasteiger partial charge in [0.25, 0.3) is 0 Å². The first-order valence-electron chi connectivity index (χ1n) is 4.61. The molecule has 0 spiro atoms. The van der Waals surface area contributed by atoms with Gasteiger partial charge in [-0.2, -0.15) is 8.42 Å². The van der Waals surface area contributed by atoms with Crippen LogP contribution in [0.25, 0.3) is 0 Å². The van der Waals surface area contributed by atoms with Crippen molar-refractivity contribution in [1.29, 1.82) is 0 Å². The lowest BCUT2D eigenvalue weighted by Crippen LogP contribution is -2.19. The van der Waals surface area contributed by atoms with Gasteiger partial charge in [0.15, 0.2) is 0 Å². The summed E-state index contributed by atoms with van der Waals surface area (Å²) in [6, 6.07) is 8.37. The van der Waals surface area contributed by atoms with Gasteiger partial charge in [0.05, 0.1) is 12.7 Å². The molecule has 0 aromatic heterocycles. The maximum atomic E-state index is 11.2. The van der Waals surface area contributed by atoms with Gasteiger partial charge in [-0.25, -0.2) is 0 Å². The number of carbonyl (C=O) groups excluding carboxylic acids is 1. The molecule has 1 atom stereocenters. The van der Waals surface area contributed by atoms with E-state index in [4.69, 9.17) is 5.73 Å². The maximum absolute atomic E-state index is 11.2. The Morgan fingerprint density at radius 1 is 1.38 bits per heavy atom. The first-order chi connectivity index (χ1) is 7.38. The number of rotatable bonds is 4. The van der Waals surface area contributed by atoms with E-state index in [0.717, 1.165) is 11.8 Å². The van der Waals surface area contributed by atoms with Crippen LogP contribution in [0.5, 0.6) is 0 Å². The van der Waals surface area contributed by atoms with Crippen LogP contribution >= 0.6 is 0 Å². The van der Waals surface area contributed by atoms with E-state index in [0.29, 0.717) is 0 Å². The largest absolute Gasteiger partial charge is 0.346 e. The Morgan fingerprint density at radius 2 is 1.94 bits per heavy atom. The predicted molar refractivity (Wildman–Crippen MR) is 58.9 cm³/mol. The van der Waals surface area contributed by atoms with Crippen molar-refractivity contribution < 1.29 is 17.4 Å². The van der Waals surface area contributed by atoms with Gasteiger partial charge in [0.1, 0.15) is 0 Å². The second-order valence-electron chi connectivity index (χ2n) is 3.38. The lowest BCUT2D eigenvalue weighted by molar-refractivity contribution is -0.134. The van der Waals surface area contributed by atoms with Crippen LogP contribution in [0.15, 0.2) is 30.3 Å². The summed E-state index contributed by atoms with van der Waals surface area (Å²) >= 11 is 0. The summed E-state index contributed by atoms with van der Waals surface area (Å²) in [6.07, 6.45) is 0.649. The van der Waals surface area contributed by atoms with E-state index >= 15 is 0 Å². The van der Waals surface area contributed by atoms with Crippen molar-refractivity contribution in [2.75, 3.05) is 6.26 Å². The molecule has 0 amide bonds. The summed E-state index contributed by atoms with van der Waals surface area (Å²) in [6.45, 7) is 0. The highest BCUT2D eigenvalue weighted by Gasteiger charge is 2.16. The van der Waals surface area contributed by atoms with Gasteiger partial charge in [-0.1, -0.05) is 30.3 Å². The Kier molecular flexibility index (Phi) is 4.03. The molecule has 0 saturated carbocycles. The van der Waals surface area contributed by atoms with Crippen molar-refractivity contribution in [3.05, 3.63) is 35.9 Å². The first-order valence-corrected chi connectivity index (χ1v) is 6.43. The fraction of sp³-hybridized carbons (Fsp3) is 0.300. The van der Waals surface area contributed by atoms with Gasteiger partial charge in [-0.3, -0.25) is 4.79 Å². The molecule has 16 heavy (non-hydrogen) atoms. The molecule has 0 bridgehead atoms. The molecule has 5 nitrogen and oxygen atoms in total. The average Bonchev–Trinajstić information content (AvgIpc) is 2.16. The minimum atomic E-state index is -3.76. The molecular formula is C10H13NO4S. The van der Waals surface area contributed by atoms with Gasteiger partial charge < -0.3 is 9.92 Å². The van der Waals surface area contributed by atoms with Crippen molar-refractivity contribution in [2.45, 2.75) is 12.5 Å². The van der Waals surface area contributed by atoms with Crippen LogP contribution in [-0.4, -0.2) is 20.6 Å². The number of hydrogen-bond acceptors (Lipinski definition) is 5. The Hall–Kier alpha value is -1.40. The van der Waals surface area contributed by atoms with Gasteiger partial charge in [0, 0.05) is 6.04 Å². The van der Waals surface area contributed by atoms with Crippen LogP contribution in [0.3, 0.4) is 0 Å². The Morgan fingerprint density at radius 3 is 2.44 bits per heavy atom. The van der Waals surface area contributed by atoms with Crippen LogP contribution in [0.4, 0.5) is 0 Å². The van der Waals surface area contributed by atoms with E-state index in [1.807, 2.05) is 6.07 Å². The van der Waals surface area contributed by atoms with Crippen LogP contribution in [0.1, 0.15) is 18.0 Å². The highest BCUT2D eigenvalue weighted by atomic mass is 32.2. The molecule has 1 aromatic rings. The molecule has 1 aromatic carbocycles. The summed E-state index contributed by atoms with van der Waals surface area (Å²) in [4.78, 5) is 11.2. The average molecular weight is 243 g/mol. The molecule has 0 unspecified atom stereocenters. The molecule has 0 saturated heterocycles. The SMILES string of the molecule is CS(=O)(=O)OC(=O)C[C@H](N)c1ccccc1. The van der Waals surface area contributed by atoms with Gasteiger partial charge in [-0.05, 0) is 5.56 Å². The lowest BCUT2D eigenvalue weighted by Gasteiger charge is -2.10. The molecule has 0 aliphatic rings. The highest BCUT2D eigenvalue weighted by Crippen LogP contribution is 2.14. The number of hydrogen-bond donors (Lipinski definition) is 1. The minimum absolute atomic E-state index is 0.170. The predicted octanol–water partition coefficient (Wildman–Crippen LogP) is 0.579. The molecule has 1 rings (SSSR count). The monoisotopic (exact) mass is 243 g/mol. The van der Waals surface area contributed by atoms with E-state index in [-0.39, 0.29) is 6.42 Å². The fourth-order valence-corrected chi connectivity index (χ4v) is 1.61. The van der Waals surface area contributed by atoms with Crippen LogP contribution in [0, 0.1) is 0 Å². The van der Waals surface area contributed by atoms with Crippen LogP contribution < -0.4 is 5.73 Å². The highest BCUT2D eigenvalue weighted by molar-refractivity contribution is 7.86. The first kappa shape index (κ1) is 12.7. The Balaban J connectivity index is 2.59. The van der Waals surface area contributed by atoms with Gasteiger partial charge >= 0.3 is 16.1 Å². The second-order valence-corrected chi connectivity index (χ2v) is 4.96. The molecule has 2 N–H and O–H groups in total. The molecule has 6 heteroatoms. The molecule has 88 valence electrons.